The Morgan fingerprint density at radius 3 is 2.62 bits per heavy atom. The Bertz CT molecular complexity index is 910. The fourth-order valence-electron chi connectivity index (χ4n) is 2.95. The van der Waals surface area contributed by atoms with E-state index in [4.69, 9.17) is 4.74 Å². The van der Waals surface area contributed by atoms with Crippen molar-refractivity contribution in [2.75, 3.05) is 13.1 Å². The van der Waals surface area contributed by atoms with Crippen molar-refractivity contribution in [3.05, 3.63) is 56.9 Å². The molecular formula is C18H22N4O4. The Hall–Kier alpha value is -2.90. The predicted octanol–water partition coefficient (Wildman–Crippen LogP) is 0.320. The first kappa shape index (κ1) is 17.9. The molecule has 26 heavy (non-hydrogen) atoms. The summed E-state index contributed by atoms with van der Waals surface area (Å²) in [6.45, 7) is 2.90. The molecule has 0 spiro atoms. The summed E-state index contributed by atoms with van der Waals surface area (Å²) >= 11 is 0. The van der Waals surface area contributed by atoms with Crippen LogP contribution in [0.15, 0.2) is 40.1 Å². The first-order valence-electron chi connectivity index (χ1n) is 8.58. The Kier molecular flexibility index (Phi) is 5.20. The van der Waals surface area contributed by atoms with Gasteiger partial charge in [0.2, 0.25) is 5.91 Å². The molecule has 0 radical (unpaired) electrons. The van der Waals surface area contributed by atoms with Crippen LogP contribution >= 0.6 is 0 Å². The van der Waals surface area contributed by atoms with Crippen molar-refractivity contribution in [1.82, 2.24) is 19.2 Å². The first-order chi connectivity index (χ1) is 12.4. The number of ether oxygens (including phenoxy) is 1. The van der Waals surface area contributed by atoms with Gasteiger partial charge in [0.05, 0.1) is 0 Å². The van der Waals surface area contributed by atoms with Crippen LogP contribution in [0.4, 0.5) is 0 Å². The van der Waals surface area contributed by atoms with Gasteiger partial charge in [-0.1, -0.05) is 0 Å². The Morgan fingerprint density at radius 1 is 1.23 bits per heavy atom. The maximum absolute atomic E-state index is 12.4. The SMILES string of the molecule is Cc1cc(OC2CCN(C(=O)Cn3ncccc3=O)CC2)cc(=O)n1C. The van der Waals surface area contributed by atoms with E-state index in [9.17, 15) is 14.4 Å². The van der Waals surface area contributed by atoms with Crippen LogP contribution in [0.1, 0.15) is 18.5 Å². The van der Waals surface area contributed by atoms with E-state index in [1.165, 1.54) is 18.3 Å². The van der Waals surface area contributed by atoms with Crippen LogP contribution in [-0.4, -0.2) is 44.3 Å². The highest BCUT2D eigenvalue weighted by molar-refractivity contribution is 5.75. The molecule has 1 saturated heterocycles. The van der Waals surface area contributed by atoms with Crippen molar-refractivity contribution in [2.45, 2.75) is 32.4 Å². The summed E-state index contributed by atoms with van der Waals surface area (Å²) in [5.74, 6) is 0.434. The second kappa shape index (κ2) is 7.55. The molecule has 3 rings (SSSR count). The fraction of sp³-hybridized carbons (Fsp3) is 0.444. The molecule has 1 aliphatic rings. The zero-order valence-corrected chi connectivity index (χ0v) is 14.9. The van der Waals surface area contributed by atoms with E-state index in [0.717, 1.165) is 10.4 Å². The van der Waals surface area contributed by atoms with Gasteiger partial charge < -0.3 is 14.2 Å². The lowest BCUT2D eigenvalue weighted by Crippen LogP contribution is -2.44. The molecule has 0 bridgehead atoms. The van der Waals surface area contributed by atoms with Gasteiger partial charge in [0, 0.05) is 57.0 Å². The lowest BCUT2D eigenvalue weighted by atomic mass is 10.1. The maximum atomic E-state index is 12.4. The molecule has 0 saturated carbocycles. The van der Waals surface area contributed by atoms with Gasteiger partial charge in [-0.2, -0.15) is 5.10 Å². The molecule has 138 valence electrons. The van der Waals surface area contributed by atoms with Crippen LogP contribution in [0.5, 0.6) is 5.75 Å². The summed E-state index contributed by atoms with van der Waals surface area (Å²) in [5.41, 5.74) is 0.439. The Balaban J connectivity index is 1.56. The molecule has 2 aromatic heterocycles. The molecule has 0 N–H and O–H groups in total. The van der Waals surface area contributed by atoms with Gasteiger partial charge in [-0.25, -0.2) is 4.68 Å². The van der Waals surface area contributed by atoms with Crippen molar-refractivity contribution in [3.8, 4) is 5.75 Å². The van der Waals surface area contributed by atoms with E-state index >= 15 is 0 Å². The molecule has 1 aliphatic heterocycles. The fourth-order valence-corrected chi connectivity index (χ4v) is 2.95. The number of piperidine rings is 1. The minimum atomic E-state index is -0.292. The average Bonchev–Trinajstić information content (AvgIpc) is 2.62. The lowest BCUT2D eigenvalue weighted by molar-refractivity contribution is -0.133. The second-order valence-corrected chi connectivity index (χ2v) is 6.45. The van der Waals surface area contributed by atoms with E-state index < -0.39 is 0 Å². The summed E-state index contributed by atoms with van der Waals surface area (Å²) in [5, 5.41) is 3.91. The summed E-state index contributed by atoms with van der Waals surface area (Å²) in [4.78, 5) is 37.6. The van der Waals surface area contributed by atoms with Gasteiger partial charge in [-0.05, 0) is 19.1 Å². The zero-order valence-electron chi connectivity index (χ0n) is 14.9. The first-order valence-corrected chi connectivity index (χ1v) is 8.58. The van der Waals surface area contributed by atoms with Crippen molar-refractivity contribution in [3.63, 3.8) is 0 Å². The normalized spacial score (nSPS) is 15.1. The number of aryl methyl sites for hydroxylation is 1. The van der Waals surface area contributed by atoms with Gasteiger partial charge in [-0.3, -0.25) is 14.4 Å². The van der Waals surface area contributed by atoms with Gasteiger partial charge in [0.15, 0.2) is 0 Å². The van der Waals surface area contributed by atoms with Crippen LogP contribution in [0.3, 0.4) is 0 Å². The number of hydrogen-bond acceptors (Lipinski definition) is 5. The number of pyridine rings is 1. The quantitative estimate of drug-likeness (QED) is 0.786. The summed E-state index contributed by atoms with van der Waals surface area (Å²) in [6.07, 6.45) is 2.80. The minimum Gasteiger partial charge on any atom is -0.490 e. The number of hydrogen-bond donors (Lipinski definition) is 0. The molecule has 0 aromatic carbocycles. The van der Waals surface area contributed by atoms with Crippen molar-refractivity contribution < 1.29 is 9.53 Å². The molecule has 0 unspecified atom stereocenters. The molecule has 8 heteroatoms. The van der Waals surface area contributed by atoms with E-state index in [-0.39, 0.29) is 29.7 Å². The second-order valence-electron chi connectivity index (χ2n) is 6.45. The minimum absolute atomic E-state index is 0.0388. The highest BCUT2D eigenvalue weighted by atomic mass is 16.5. The molecule has 2 aromatic rings. The van der Waals surface area contributed by atoms with Gasteiger partial charge in [0.25, 0.3) is 11.1 Å². The highest BCUT2D eigenvalue weighted by Crippen LogP contribution is 2.19. The van der Waals surface area contributed by atoms with Gasteiger partial charge in [0.1, 0.15) is 18.4 Å². The van der Waals surface area contributed by atoms with Crippen molar-refractivity contribution in [2.24, 2.45) is 7.05 Å². The molecule has 3 heterocycles. The molecule has 8 nitrogen and oxygen atoms in total. The zero-order chi connectivity index (χ0) is 18.7. The van der Waals surface area contributed by atoms with E-state index in [2.05, 4.69) is 5.10 Å². The Labute approximate surface area is 150 Å². The van der Waals surface area contributed by atoms with Crippen molar-refractivity contribution >= 4 is 5.91 Å². The van der Waals surface area contributed by atoms with Crippen LogP contribution in [-0.2, 0) is 18.4 Å². The summed E-state index contributed by atoms with van der Waals surface area (Å²) in [7, 11) is 1.72. The summed E-state index contributed by atoms with van der Waals surface area (Å²) < 4.78 is 8.64. The van der Waals surface area contributed by atoms with Crippen LogP contribution in [0, 0.1) is 6.92 Å². The van der Waals surface area contributed by atoms with Gasteiger partial charge in [-0.15, -0.1) is 0 Å². The maximum Gasteiger partial charge on any atom is 0.267 e. The molecule has 1 amide bonds. The number of likely N-dealkylation sites (tertiary alicyclic amines) is 1. The predicted molar refractivity (Wildman–Crippen MR) is 95.1 cm³/mol. The standard InChI is InChI=1S/C18H22N4O4/c1-13-10-15(11-17(24)20(13)2)26-14-5-8-21(9-6-14)18(25)12-22-16(23)4-3-7-19-22/h3-4,7,10-11,14H,5-6,8-9,12H2,1-2H3. The third-order valence-electron chi connectivity index (χ3n) is 4.64. The molecule has 0 atom stereocenters. The number of amides is 1. The third-order valence-corrected chi connectivity index (χ3v) is 4.64. The van der Waals surface area contributed by atoms with Crippen LogP contribution in [0.2, 0.25) is 0 Å². The molecular weight excluding hydrogens is 336 g/mol. The number of carbonyl (C=O) groups is 1. The van der Waals surface area contributed by atoms with Crippen LogP contribution < -0.4 is 15.9 Å². The Morgan fingerprint density at radius 2 is 1.96 bits per heavy atom. The van der Waals surface area contributed by atoms with Crippen LogP contribution in [0.25, 0.3) is 0 Å². The topological polar surface area (TPSA) is 86.4 Å². The monoisotopic (exact) mass is 358 g/mol. The van der Waals surface area contributed by atoms with Gasteiger partial charge >= 0.3 is 0 Å². The number of rotatable bonds is 4. The van der Waals surface area contributed by atoms with E-state index in [1.54, 1.807) is 22.6 Å². The lowest BCUT2D eigenvalue weighted by Gasteiger charge is -2.32. The highest BCUT2D eigenvalue weighted by Gasteiger charge is 2.24. The molecule has 0 aliphatic carbocycles. The number of nitrogens with zero attached hydrogens (tertiary/aromatic N) is 4. The summed E-state index contributed by atoms with van der Waals surface area (Å²) in [6, 6.07) is 6.25. The largest absolute Gasteiger partial charge is 0.490 e. The van der Waals surface area contributed by atoms with E-state index in [1.807, 2.05) is 13.0 Å². The third kappa shape index (κ3) is 4.01. The van der Waals surface area contributed by atoms with Crippen molar-refractivity contribution in [1.29, 1.82) is 0 Å². The van der Waals surface area contributed by atoms with E-state index in [0.29, 0.717) is 31.7 Å². The number of carbonyl (C=O) groups excluding carboxylic acids is 1. The average molecular weight is 358 g/mol. The molecule has 1 fully saturated rings. The smallest absolute Gasteiger partial charge is 0.267 e. The number of aromatic nitrogens is 3.